The van der Waals surface area contributed by atoms with Gasteiger partial charge in [-0.15, -0.1) is 0 Å². The van der Waals surface area contributed by atoms with Crippen LogP contribution in [0.25, 0.3) is 0 Å². The van der Waals surface area contributed by atoms with E-state index in [1.54, 1.807) is 30.3 Å². The summed E-state index contributed by atoms with van der Waals surface area (Å²) in [7, 11) is 0. The number of rotatable bonds is 4. The van der Waals surface area contributed by atoms with Gasteiger partial charge in [-0.25, -0.2) is 0 Å². The van der Waals surface area contributed by atoms with Crippen LogP contribution in [0.4, 0.5) is 17.1 Å². The Kier molecular flexibility index (Phi) is 4.33. The van der Waals surface area contributed by atoms with Crippen LogP contribution in [0.5, 0.6) is 5.75 Å². The Labute approximate surface area is 138 Å². The molecule has 0 aliphatic carbocycles. The van der Waals surface area contributed by atoms with Gasteiger partial charge in [-0.3, -0.25) is 14.9 Å². The molecular weight excluding hydrogens is 310 g/mol. The van der Waals surface area contributed by atoms with E-state index in [9.17, 15) is 20.0 Å². The van der Waals surface area contributed by atoms with Gasteiger partial charge in [0.15, 0.2) is 0 Å². The predicted octanol–water partition coefficient (Wildman–Crippen LogP) is 3.15. The average molecular weight is 327 g/mol. The molecule has 1 aliphatic heterocycles. The predicted molar refractivity (Wildman–Crippen MR) is 90.6 cm³/mol. The number of nitro benzene ring substituents is 1. The number of amides is 1. The third kappa shape index (κ3) is 3.15. The molecular formula is C17H17N3O4. The van der Waals surface area contributed by atoms with Crippen molar-refractivity contribution < 1.29 is 14.8 Å². The maximum atomic E-state index is 12.3. The molecule has 0 spiro atoms. The molecule has 7 heteroatoms. The fourth-order valence-corrected chi connectivity index (χ4v) is 2.81. The molecule has 24 heavy (non-hydrogen) atoms. The number of carbonyl (C=O) groups excluding carboxylic acids is 1. The van der Waals surface area contributed by atoms with Crippen LogP contribution >= 0.6 is 0 Å². The van der Waals surface area contributed by atoms with Crippen LogP contribution in [-0.4, -0.2) is 29.0 Å². The summed E-state index contributed by atoms with van der Waals surface area (Å²) in [6.07, 6.45) is 2.01. The molecule has 2 aromatic rings. The smallest absolute Gasteiger partial charge is 0.293 e. The Morgan fingerprint density at radius 2 is 1.88 bits per heavy atom. The Bertz CT molecular complexity index is 785. The monoisotopic (exact) mass is 327 g/mol. The van der Waals surface area contributed by atoms with Gasteiger partial charge in [0.2, 0.25) is 0 Å². The van der Waals surface area contributed by atoms with E-state index in [1.807, 2.05) is 4.90 Å². The molecule has 0 atom stereocenters. The molecule has 7 nitrogen and oxygen atoms in total. The van der Waals surface area contributed by atoms with Gasteiger partial charge >= 0.3 is 0 Å². The summed E-state index contributed by atoms with van der Waals surface area (Å²) in [5.41, 5.74) is 0.889. The van der Waals surface area contributed by atoms with Crippen LogP contribution in [0.3, 0.4) is 0 Å². The van der Waals surface area contributed by atoms with Gasteiger partial charge in [-0.2, -0.15) is 0 Å². The van der Waals surface area contributed by atoms with E-state index in [4.69, 9.17) is 0 Å². The van der Waals surface area contributed by atoms with E-state index in [-0.39, 0.29) is 22.7 Å². The van der Waals surface area contributed by atoms with Crippen molar-refractivity contribution in [3.05, 3.63) is 58.1 Å². The second kappa shape index (κ2) is 6.57. The summed E-state index contributed by atoms with van der Waals surface area (Å²) >= 11 is 0. The number of phenols is 1. The number of phenolic OH excluding ortho intramolecular Hbond substituents is 1. The number of nitro groups is 1. The number of para-hydroxylation sites is 2. The molecule has 0 radical (unpaired) electrons. The van der Waals surface area contributed by atoms with Gasteiger partial charge in [0.25, 0.3) is 11.6 Å². The fraction of sp³-hybridized carbons (Fsp3) is 0.235. The third-order valence-electron chi connectivity index (χ3n) is 4.03. The molecule has 2 N–H and O–H groups in total. The maximum Gasteiger partial charge on any atom is 0.293 e. The van der Waals surface area contributed by atoms with Crippen LogP contribution in [0, 0.1) is 10.1 Å². The van der Waals surface area contributed by atoms with E-state index in [2.05, 4.69) is 5.32 Å². The van der Waals surface area contributed by atoms with Gasteiger partial charge in [-0.05, 0) is 37.1 Å². The Morgan fingerprint density at radius 3 is 2.54 bits per heavy atom. The van der Waals surface area contributed by atoms with Gasteiger partial charge in [0.1, 0.15) is 11.4 Å². The van der Waals surface area contributed by atoms with Crippen molar-refractivity contribution in [1.82, 2.24) is 0 Å². The SMILES string of the molecule is O=C(Nc1ccccc1O)c1ccc(N2CCCC2)c([N+](=O)[O-])c1. The number of aromatic hydroxyl groups is 1. The zero-order chi connectivity index (χ0) is 17.1. The summed E-state index contributed by atoms with van der Waals surface area (Å²) in [5, 5.41) is 23.6. The second-order valence-electron chi connectivity index (χ2n) is 5.63. The number of hydrogen-bond donors (Lipinski definition) is 2. The van der Waals surface area contributed by atoms with Crippen molar-refractivity contribution in [3.63, 3.8) is 0 Å². The van der Waals surface area contributed by atoms with Gasteiger partial charge in [-0.1, -0.05) is 12.1 Å². The minimum atomic E-state index is -0.507. The molecule has 0 aromatic heterocycles. The molecule has 3 rings (SSSR count). The highest BCUT2D eigenvalue weighted by Gasteiger charge is 2.24. The lowest BCUT2D eigenvalue weighted by atomic mass is 10.1. The Balaban J connectivity index is 1.88. The van der Waals surface area contributed by atoms with Crippen LogP contribution < -0.4 is 10.2 Å². The van der Waals surface area contributed by atoms with Crippen LogP contribution in [0.1, 0.15) is 23.2 Å². The van der Waals surface area contributed by atoms with E-state index < -0.39 is 10.8 Å². The van der Waals surface area contributed by atoms with Gasteiger partial charge < -0.3 is 15.3 Å². The number of nitrogens with one attached hydrogen (secondary N) is 1. The molecule has 0 unspecified atom stereocenters. The summed E-state index contributed by atoms with van der Waals surface area (Å²) in [6.45, 7) is 1.56. The highest BCUT2D eigenvalue weighted by atomic mass is 16.6. The van der Waals surface area contributed by atoms with E-state index in [1.165, 1.54) is 12.1 Å². The third-order valence-corrected chi connectivity index (χ3v) is 4.03. The molecule has 124 valence electrons. The minimum Gasteiger partial charge on any atom is -0.506 e. The normalized spacial score (nSPS) is 13.8. The van der Waals surface area contributed by atoms with Crippen molar-refractivity contribution in [2.24, 2.45) is 0 Å². The van der Waals surface area contributed by atoms with Crippen molar-refractivity contribution >= 4 is 23.0 Å². The summed E-state index contributed by atoms with van der Waals surface area (Å²) in [4.78, 5) is 25.2. The summed E-state index contributed by atoms with van der Waals surface area (Å²) in [6, 6.07) is 10.8. The zero-order valence-corrected chi connectivity index (χ0v) is 12.9. The minimum absolute atomic E-state index is 0.0611. The van der Waals surface area contributed by atoms with Crippen molar-refractivity contribution in [2.45, 2.75) is 12.8 Å². The lowest BCUT2D eigenvalue weighted by Crippen LogP contribution is -2.19. The largest absolute Gasteiger partial charge is 0.506 e. The number of hydrogen-bond acceptors (Lipinski definition) is 5. The number of benzene rings is 2. The molecule has 1 amide bonds. The number of nitrogens with zero attached hydrogens (tertiary/aromatic N) is 2. The first-order valence-corrected chi connectivity index (χ1v) is 7.69. The molecule has 0 saturated carbocycles. The topological polar surface area (TPSA) is 95.7 Å². The highest BCUT2D eigenvalue weighted by molar-refractivity contribution is 6.05. The number of carbonyl (C=O) groups is 1. The van der Waals surface area contributed by atoms with Gasteiger partial charge in [0.05, 0.1) is 10.6 Å². The van der Waals surface area contributed by atoms with E-state index >= 15 is 0 Å². The molecule has 2 aromatic carbocycles. The highest BCUT2D eigenvalue weighted by Crippen LogP contribution is 2.32. The lowest BCUT2D eigenvalue weighted by molar-refractivity contribution is -0.384. The first kappa shape index (κ1) is 15.8. The van der Waals surface area contributed by atoms with Crippen molar-refractivity contribution in [2.75, 3.05) is 23.3 Å². The van der Waals surface area contributed by atoms with Crippen LogP contribution in [0.2, 0.25) is 0 Å². The quantitative estimate of drug-likeness (QED) is 0.511. The van der Waals surface area contributed by atoms with Crippen molar-refractivity contribution in [1.29, 1.82) is 0 Å². The molecule has 1 aliphatic rings. The average Bonchev–Trinajstić information content (AvgIpc) is 3.10. The first-order valence-electron chi connectivity index (χ1n) is 7.69. The van der Waals surface area contributed by atoms with Crippen LogP contribution in [0.15, 0.2) is 42.5 Å². The number of anilines is 2. The second-order valence-corrected chi connectivity index (χ2v) is 5.63. The van der Waals surface area contributed by atoms with E-state index in [0.29, 0.717) is 5.69 Å². The Hall–Kier alpha value is -3.09. The fourth-order valence-electron chi connectivity index (χ4n) is 2.81. The molecule has 1 fully saturated rings. The zero-order valence-electron chi connectivity index (χ0n) is 12.9. The van der Waals surface area contributed by atoms with Gasteiger partial charge in [0, 0.05) is 24.7 Å². The summed E-state index contributed by atoms with van der Waals surface area (Å²) < 4.78 is 0. The molecule has 1 saturated heterocycles. The molecule has 1 heterocycles. The van der Waals surface area contributed by atoms with Crippen LogP contribution in [-0.2, 0) is 0 Å². The standard InChI is InChI=1S/C17H17N3O4/c21-16-6-2-1-5-13(16)18-17(22)12-7-8-14(15(11-12)20(23)24)19-9-3-4-10-19/h1-2,5-8,11,21H,3-4,9-10H2,(H,18,22). The lowest BCUT2D eigenvalue weighted by Gasteiger charge is -2.17. The first-order chi connectivity index (χ1) is 11.6. The Morgan fingerprint density at radius 1 is 1.17 bits per heavy atom. The maximum absolute atomic E-state index is 12.3. The molecule has 0 bridgehead atoms. The summed E-state index contributed by atoms with van der Waals surface area (Å²) in [5.74, 6) is -0.568. The van der Waals surface area contributed by atoms with Crippen molar-refractivity contribution in [3.8, 4) is 5.75 Å². The van der Waals surface area contributed by atoms with E-state index in [0.717, 1.165) is 25.9 Å².